The standard InChI is InChI=1S/C20H21F3N6O2S/c1-31-16-15-17(26-11-25-16)32-18(27-15)28-19(30)29-7-5-14(6-8-29)24-10-12-3-2-4-13(9-12)20(21,22)23/h2-4,9,11,14,24H,5-8,10H2,1H3,(H,27,28,30). The third-order valence-corrected chi connectivity index (χ3v) is 6.08. The van der Waals surface area contributed by atoms with Gasteiger partial charge in [0.2, 0.25) is 5.88 Å². The first kappa shape index (κ1) is 22.2. The van der Waals surface area contributed by atoms with Crippen LogP contribution in [0.15, 0.2) is 30.6 Å². The number of benzene rings is 1. The topological polar surface area (TPSA) is 92.3 Å². The van der Waals surface area contributed by atoms with E-state index in [0.717, 1.165) is 12.1 Å². The van der Waals surface area contributed by atoms with Gasteiger partial charge in [-0.1, -0.05) is 29.5 Å². The average molecular weight is 466 g/mol. The van der Waals surface area contributed by atoms with Gasteiger partial charge < -0.3 is 15.0 Å². The third-order valence-electron chi connectivity index (χ3n) is 5.20. The number of rotatable bonds is 5. The zero-order valence-electron chi connectivity index (χ0n) is 17.1. The number of carbonyl (C=O) groups excluding carboxylic acids is 1. The lowest BCUT2D eigenvalue weighted by Gasteiger charge is -2.32. The molecule has 0 unspecified atom stereocenters. The number of amides is 2. The fourth-order valence-corrected chi connectivity index (χ4v) is 4.30. The fraction of sp³-hybridized carbons (Fsp3) is 0.400. The Balaban J connectivity index is 1.28. The predicted octanol–water partition coefficient (Wildman–Crippen LogP) is 3.90. The molecule has 4 rings (SSSR count). The van der Waals surface area contributed by atoms with Crippen molar-refractivity contribution in [1.82, 2.24) is 25.2 Å². The molecule has 0 atom stereocenters. The van der Waals surface area contributed by atoms with Crippen LogP contribution in [0.5, 0.6) is 5.88 Å². The molecule has 2 amide bonds. The average Bonchev–Trinajstić information content (AvgIpc) is 3.20. The molecule has 2 N–H and O–H groups in total. The Bertz CT molecular complexity index is 1100. The summed E-state index contributed by atoms with van der Waals surface area (Å²) in [6.45, 7) is 1.40. The van der Waals surface area contributed by atoms with Crippen molar-refractivity contribution in [3.8, 4) is 5.88 Å². The van der Waals surface area contributed by atoms with E-state index in [2.05, 4.69) is 25.6 Å². The van der Waals surface area contributed by atoms with E-state index in [4.69, 9.17) is 4.74 Å². The summed E-state index contributed by atoms with van der Waals surface area (Å²) in [7, 11) is 1.49. The third kappa shape index (κ3) is 5.07. The highest BCUT2D eigenvalue weighted by Crippen LogP contribution is 2.30. The van der Waals surface area contributed by atoms with Crippen molar-refractivity contribution in [2.24, 2.45) is 0 Å². The van der Waals surface area contributed by atoms with Crippen molar-refractivity contribution in [1.29, 1.82) is 0 Å². The minimum absolute atomic E-state index is 0.121. The van der Waals surface area contributed by atoms with Crippen molar-refractivity contribution >= 4 is 32.8 Å². The van der Waals surface area contributed by atoms with Crippen LogP contribution in [-0.4, -0.2) is 52.1 Å². The number of anilines is 1. The SMILES string of the molecule is COc1ncnc2sc(NC(=O)N3CCC(NCc4cccc(C(F)(F)F)c4)CC3)nc12. The summed E-state index contributed by atoms with van der Waals surface area (Å²) in [5.74, 6) is 0.347. The molecule has 1 fully saturated rings. The van der Waals surface area contributed by atoms with Crippen LogP contribution in [0.4, 0.5) is 23.1 Å². The van der Waals surface area contributed by atoms with Gasteiger partial charge >= 0.3 is 12.2 Å². The highest BCUT2D eigenvalue weighted by molar-refractivity contribution is 7.22. The molecule has 0 radical (unpaired) electrons. The zero-order chi connectivity index (χ0) is 22.7. The van der Waals surface area contributed by atoms with Gasteiger partial charge in [-0.2, -0.15) is 18.2 Å². The van der Waals surface area contributed by atoms with Gasteiger partial charge in [-0.15, -0.1) is 0 Å². The van der Waals surface area contributed by atoms with E-state index >= 15 is 0 Å². The van der Waals surface area contributed by atoms with E-state index in [9.17, 15) is 18.0 Å². The van der Waals surface area contributed by atoms with Crippen LogP contribution in [-0.2, 0) is 12.7 Å². The summed E-state index contributed by atoms with van der Waals surface area (Å²) in [4.78, 5) is 27.4. The number of hydrogen-bond acceptors (Lipinski definition) is 7. The van der Waals surface area contributed by atoms with Crippen molar-refractivity contribution in [2.45, 2.75) is 31.6 Å². The molecule has 1 aromatic carbocycles. The van der Waals surface area contributed by atoms with Crippen LogP contribution in [0.2, 0.25) is 0 Å². The van der Waals surface area contributed by atoms with E-state index in [0.29, 0.717) is 59.4 Å². The molecule has 0 saturated carbocycles. The van der Waals surface area contributed by atoms with Crippen LogP contribution in [0.1, 0.15) is 24.0 Å². The summed E-state index contributed by atoms with van der Waals surface area (Å²) in [5.41, 5.74) is 0.420. The number of carbonyl (C=O) groups is 1. The van der Waals surface area contributed by atoms with Crippen molar-refractivity contribution in [3.63, 3.8) is 0 Å². The van der Waals surface area contributed by atoms with Crippen LogP contribution in [0, 0.1) is 0 Å². The minimum Gasteiger partial charge on any atom is -0.479 e. The second-order valence-electron chi connectivity index (χ2n) is 7.33. The van der Waals surface area contributed by atoms with E-state index in [1.54, 1.807) is 11.0 Å². The Hall–Kier alpha value is -2.99. The first-order valence-electron chi connectivity index (χ1n) is 9.94. The van der Waals surface area contributed by atoms with Gasteiger partial charge in [0.05, 0.1) is 12.7 Å². The molecule has 0 aliphatic carbocycles. The number of urea groups is 1. The summed E-state index contributed by atoms with van der Waals surface area (Å²) in [5, 5.41) is 6.49. The molecule has 8 nitrogen and oxygen atoms in total. The second-order valence-corrected chi connectivity index (χ2v) is 8.30. The monoisotopic (exact) mass is 466 g/mol. The van der Waals surface area contributed by atoms with Gasteiger partial charge in [0.15, 0.2) is 15.5 Å². The van der Waals surface area contributed by atoms with E-state index in [1.165, 1.54) is 30.8 Å². The Morgan fingerprint density at radius 3 is 2.78 bits per heavy atom. The maximum Gasteiger partial charge on any atom is 0.416 e. The molecule has 12 heteroatoms. The number of nitrogens with zero attached hydrogens (tertiary/aromatic N) is 4. The van der Waals surface area contributed by atoms with E-state index in [-0.39, 0.29) is 12.1 Å². The fourth-order valence-electron chi connectivity index (χ4n) is 3.51. The molecule has 2 aromatic heterocycles. The molecule has 0 bridgehead atoms. The molecule has 1 aliphatic rings. The number of halogens is 3. The van der Waals surface area contributed by atoms with Crippen LogP contribution < -0.4 is 15.4 Å². The van der Waals surface area contributed by atoms with E-state index < -0.39 is 11.7 Å². The number of hydrogen-bond donors (Lipinski definition) is 2. The van der Waals surface area contributed by atoms with Gasteiger partial charge in [0.1, 0.15) is 6.33 Å². The van der Waals surface area contributed by atoms with Gasteiger partial charge in [-0.05, 0) is 24.5 Å². The lowest BCUT2D eigenvalue weighted by molar-refractivity contribution is -0.137. The maximum absolute atomic E-state index is 12.9. The van der Waals surface area contributed by atoms with Gasteiger partial charge in [0, 0.05) is 25.7 Å². The molecular formula is C20H21F3N6O2S. The number of piperidine rings is 1. The van der Waals surface area contributed by atoms with Crippen molar-refractivity contribution in [3.05, 3.63) is 41.7 Å². The number of alkyl halides is 3. The number of ether oxygens (including phenoxy) is 1. The minimum atomic E-state index is -4.35. The zero-order valence-corrected chi connectivity index (χ0v) is 18.0. The summed E-state index contributed by atoms with van der Waals surface area (Å²) in [6.07, 6.45) is -1.57. The second kappa shape index (κ2) is 9.25. The lowest BCUT2D eigenvalue weighted by Crippen LogP contribution is -2.46. The number of methoxy groups -OCH3 is 1. The summed E-state index contributed by atoms with van der Waals surface area (Å²) < 4.78 is 43.7. The molecule has 0 spiro atoms. The lowest BCUT2D eigenvalue weighted by atomic mass is 10.0. The Labute approximate surface area is 185 Å². The smallest absolute Gasteiger partial charge is 0.416 e. The Morgan fingerprint density at radius 1 is 1.28 bits per heavy atom. The van der Waals surface area contributed by atoms with Gasteiger partial charge in [-0.3, -0.25) is 5.32 Å². The predicted molar refractivity (Wildman–Crippen MR) is 114 cm³/mol. The van der Waals surface area contributed by atoms with Crippen molar-refractivity contribution in [2.75, 3.05) is 25.5 Å². The molecule has 1 saturated heterocycles. The van der Waals surface area contributed by atoms with Gasteiger partial charge in [-0.25, -0.2) is 14.8 Å². The number of fused-ring (bicyclic) bond motifs is 1. The Morgan fingerprint density at radius 2 is 2.06 bits per heavy atom. The molecular weight excluding hydrogens is 445 g/mol. The summed E-state index contributed by atoms with van der Waals surface area (Å²) >= 11 is 1.23. The maximum atomic E-state index is 12.9. The van der Waals surface area contributed by atoms with Crippen LogP contribution >= 0.6 is 11.3 Å². The van der Waals surface area contributed by atoms with E-state index in [1.807, 2.05) is 0 Å². The first-order chi connectivity index (χ1) is 15.3. The molecule has 170 valence electrons. The quantitative estimate of drug-likeness (QED) is 0.593. The molecule has 32 heavy (non-hydrogen) atoms. The first-order valence-corrected chi connectivity index (χ1v) is 10.8. The molecule has 1 aliphatic heterocycles. The highest BCUT2D eigenvalue weighted by atomic mass is 32.1. The largest absolute Gasteiger partial charge is 0.479 e. The van der Waals surface area contributed by atoms with Crippen LogP contribution in [0.25, 0.3) is 10.3 Å². The Kier molecular flexibility index (Phi) is 6.42. The van der Waals surface area contributed by atoms with Crippen LogP contribution in [0.3, 0.4) is 0 Å². The number of nitrogens with one attached hydrogen (secondary N) is 2. The number of aromatic nitrogens is 3. The summed E-state index contributed by atoms with van der Waals surface area (Å²) in [6, 6.07) is 5.17. The molecule has 3 heterocycles. The normalized spacial score (nSPS) is 15.2. The number of thiazole rings is 1. The van der Waals surface area contributed by atoms with Gasteiger partial charge in [0.25, 0.3) is 0 Å². The number of likely N-dealkylation sites (tertiary alicyclic amines) is 1. The molecule has 3 aromatic rings. The van der Waals surface area contributed by atoms with Crippen molar-refractivity contribution < 1.29 is 22.7 Å². The highest BCUT2D eigenvalue weighted by Gasteiger charge is 2.30.